The average Bonchev–Trinajstić information content (AvgIpc) is 3.21. The van der Waals surface area contributed by atoms with Gasteiger partial charge in [0.25, 0.3) is 5.91 Å². The second-order valence-corrected chi connectivity index (χ2v) is 6.61. The molecule has 0 bridgehead atoms. The van der Waals surface area contributed by atoms with Crippen LogP contribution in [0.1, 0.15) is 27.2 Å². The van der Waals surface area contributed by atoms with Gasteiger partial charge in [-0.25, -0.2) is 4.79 Å². The number of hydrogen-bond donors (Lipinski definition) is 1. The van der Waals surface area contributed by atoms with Gasteiger partial charge in [0.15, 0.2) is 0 Å². The van der Waals surface area contributed by atoms with Crippen LogP contribution in [0.3, 0.4) is 0 Å². The van der Waals surface area contributed by atoms with Crippen LogP contribution < -0.4 is 5.32 Å². The second-order valence-electron chi connectivity index (χ2n) is 6.61. The van der Waals surface area contributed by atoms with Crippen LogP contribution >= 0.6 is 0 Å². The van der Waals surface area contributed by atoms with Crippen molar-refractivity contribution in [2.24, 2.45) is 0 Å². The molecule has 1 aromatic heterocycles. The first kappa shape index (κ1) is 20.6. The molecule has 0 saturated carbocycles. The molecular formula is C24H20N2O4. The quantitative estimate of drug-likeness (QED) is 0.374. The number of rotatable bonds is 5. The largest absolute Gasteiger partial charge is 0.465 e. The van der Waals surface area contributed by atoms with Crippen molar-refractivity contribution in [3.05, 3.63) is 82.6 Å². The minimum atomic E-state index is -0.520. The van der Waals surface area contributed by atoms with Crippen LogP contribution in [0.2, 0.25) is 0 Å². The summed E-state index contributed by atoms with van der Waals surface area (Å²) in [5.74, 6) is -0.0836. The van der Waals surface area contributed by atoms with Crippen molar-refractivity contribution in [1.29, 1.82) is 5.26 Å². The number of hydrogen-bond acceptors (Lipinski definition) is 5. The molecule has 3 rings (SSSR count). The molecule has 0 fully saturated rings. The SMILES string of the molecule is COC(=O)c1cccc(-c2ccc(/C=C(/C#N)C(=O)Nc3ccccc3C)o2)c1C. The van der Waals surface area contributed by atoms with Gasteiger partial charge >= 0.3 is 5.97 Å². The molecule has 0 unspecified atom stereocenters. The third-order valence-corrected chi connectivity index (χ3v) is 4.68. The first-order valence-corrected chi connectivity index (χ1v) is 9.21. The highest BCUT2D eigenvalue weighted by Gasteiger charge is 2.16. The maximum absolute atomic E-state index is 12.5. The number of aryl methyl sites for hydroxylation is 1. The molecular weight excluding hydrogens is 380 g/mol. The monoisotopic (exact) mass is 400 g/mol. The maximum Gasteiger partial charge on any atom is 0.338 e. The lowest BCUT2D eigenvalue weighted by Crippen LogP contribution is -2.14. The van der Waals surface area contributed by atoms with Crippen molar-refractivity contribution in [2.45, 2.75) is 13.8 Å². The van der Waals surface area contributed by atoms with Crippen molar-refractivity contribution in [3.63, 3.8) is 0 Å². The molecule has 150 valence electrons. The summed E-state index contributed by atoms with van der Waals surface area (Å²) in [4.78, 5) is 24.4. The average molecular weight is 400 g/mol. The molecule has 2 aromatic carbocycles. The third-order valence-electron chi connectivity index (χ3n) is 4.68. The highest BCUT2D eigenvalue weighted by molar-refractivity contribution is 6.09. The van der Waals surface area contributed by atoms with Gasteiger partial charge in [0.05, 0.1) is 12.7 Å². The summed E-state index contributed by atoms with van der Waals surface area (Å²) in [6.45, 7) is 3.67. The molecule has 30 heavy (non-hydrogen) atoms. The fraction of sp³-hybridized carbons (Fsp3) is 0.125. The van der Waals surface area contributed by atoms with E-state index in [-0.39, 0.29) is 5.57 Å². The summed E-state index contributed by atoms with van der Waals surface area (Å²) in [6.07, 6.45) is 1.39. The summed E-state index contributed by atoms with van der Waals surface area (Å²) in [7, 11) is 1.33. The number of anilines is 1. The number of esters is 1. The van der Waals surface area contributed by atoms with Crippen LogP contribution in [0.4, 0.5) is 5.69 Å². The Labute approximate surface area is 174 Å². The number of methoxy groups -OCH3 is 1. The molecule has 0 radical (unpaired) electrons. The number of nitrogens with zero attached hydrogens (tertiary/aromatic N) is 1. The fourth-order valence-electron chi connectivity index (χ4n) is 3.00. The van der Waals surface area contributed by atoms with Crippen LogP contribution in [-0.4, -0.2) is 19.0 Å². The molecule has 6 heteroatoms. The molecule has 0 aliphatic carbocycles. The summed E-state index contributed by atoms with van der Waals surface area (Å²) in [5.41, 5.74) is 3.33. The molecule has 0 atom stereocenters. The van der Waals surface area contributed by atoms with E-state index in [2.05, 4.69) is 5.32 Å². The molecule has 6 nitrogen and oxygen atoms in total. The lowest BCUT2D eigenvalue weighted by atomic mass is 10.0. The van der Waals surface area contributed by atoms with Gasteiger partial charge in [-0.1, -0.05) is 30.3 Å². The van der Waals surface area contributed by atoms with Gasteiger partial charge in [-0.3, -0.25) is 4.79 Å². The lowest BCUT2D eigenvalue weighted by Gasteiger charge is -2.08. The van der Waals surface area contributed by atoms with Crippen LogP contribution in [0.5, 0.6) is 0 Å². The minimum Gasteiger partial charge on any atom is -0.465 e. The highest BCUT2D eigenvalue weighted by atomic mass is 16.5. The molecule has 3 aromatic rings. The van der Waals surface area contributed by atoms with E-state index < -0.39 is 11.9 Å². The van der Waals surface area contributed by atoms with Crippen LogP contribution in [0.25, 0.3) is 17.4 Å². The van der Waals surface area contributed by atoms with Crippen molar-refractivity contribution in [3.8, 4) is 17.4 Å². The molecule has 1 amide bonds. The Morgan fingerprint density at radius 1 is 1.07 bits per heavy atom. The number of amides is 1. The van der Waals surface area contributed by atoms with Crippen molar-refractivity contribution >= 4 is 23.6 Å². The zero-order valence-electron chi connectivity index (χ0n) is 16.9. The number of nitrogens with one attached hydrogen (secondary N) is 1. The summed E-state index contributed by atoms with van der Waals surface area (Å²) in [5, 5.41) is 12.2. The van der Waals surface area contributed by atoms with Crippen LogP contribution in [-0.2, 0) is 9.53 Å². The van der Waals surface area contributed by atoms with Crippen LogP contribution in [0.15, 0.2) is 64.6 Å². The Balaban J connectivity index is 1.87. The highest BCUT2D eigenvalue weighted by Crippen LogP contribution is 2.28. The first-order chi connectivity index (χ1) is 14.4. The van der Waals surface area contributed by atoms with Crippen molar-refractivity contribution in [1.82, 2.24) is 0 Å². The number of carbonyl (C=O) groups is 2. The van der Waals surface area contributed by atoms with E-state index in [9.17, 15) is 14.9 Å². The number of carbonyl (C=O) groups excluding carboxylic acids is 2. The topological polar surface area (TPSA) is 92.3 Å². The van der Waals surface area contributed by atoms with E-state index in [1.807, 2.05) is 37.3 Å². The predicted molar refractivity (Wildman–Crippen MR) is 114 cm³/mol. The normalized spacial score (nSPS) is 10.9. The molecule has 0 aliphatic rings. The van der Waals surface area contributed by atoms with E-state index in [1.54, 1.807) is 37.3 Å². The van der Waals surface area contributed by atoms with Gasteiger partial charge in [0, 0.05) is 17.3 Å². The zero-order chi connectivity index (χ0) is 21.7. The first-order valence-electron chi connectivity index (χ1n) is 9.21. The lowest BCUT2D eigenvalue weighted by molar-refractivity contribution is -0.112. The Hall–Kier alpha value is -4.11. The molecule has 1 heterocycles. The molecule has 0 spiro atoms. The Bertz CT molecular complexity index is 1180. The Kier molecular flexibility index (Phi) is 6.14. The van der Waals surface area contributed by atoms with Crippen molar-refractivity contribution in [2.75, 3.05) is 12.4 Å². The van der Waals surface area contributed by atoms with Gasteiger partial charge in [0.1, 0.15) is 23.2 Å². The Morgan fingerprint density at radius 3 is 2.53 bits per heavy atom. The van der Waals surface area contributed by atoms with E-state index in [1.165, 1.54) is 13.2 Å². The Morgan fingerprint density at radius 2 is 1.83 bits per heavy atom. The molecule has 1 N–H and O–H groups in total. The number of benzene rings is 2. The minimum absolute atomic E-state index is 0.0841. The van der Waals surface area contributed by atoms with E-state index >= 15 is 0 Å². The third kappa shape index (κ3) is 4.31. The molecule has 0 aliphatic heterocycles. The smallest absolute Gasteiger partial charge is 0.338 e. The molecule has 0 saturated heterocycles. The predicted octanol–water partition coefficient (Wildman–Crippen LogP) is 4.90. The number of ether oxygens (including phenoxy) is 1. The maximum atomic E-state index is 12.5. The van der Waals surface area contributed by atoms with Gasteiger partial charge < -0.3 is 14.5 Å². The van der Waals surface area contributed by atoms with Gasteiger partial charge in [-0.05, 0) is 49.2 Å². The van der Waals surface area contributed by atoms with Crippen LogP contribution in [0, 0.1) is 25.2 Å². The number of furan rings is 1. The standard InChI is InChI=1S/C24H20N2O4/c1-15-7-4-5-10-21(15)26-23(27)17(14-25)13-18-11-12-22(30-18)19-8-6-9-20(16(19)2)24(28)29-3/h4-13H,1-3H3,(H,26,27)/b17-13-. The summed E-state index contributed by atoms with van der Waals surface area (Å²) in [6, 6.07) is 17.9. The summed E-state index contributed by atoms with van der Waals surface area (Å²) < 4.78 is 10.6. The van der Waals surface area contributed by atoms with Gasteiger partial charge in [0.2, 0.25) is 0 Å². The number of para-hydroxylation sites is 1. The van der Waals surface area contributed by atoms with Crippen molar-refractivity contribution < 1.29 is 18.7 Å². The zero-order valence-corrected chi connectivity index (χ0v) is 16.9. The second kappa shape index (κ2) is 8.93. The van der Waals surface area contributed by atoms with Gasteiger partial charge in [-0.2, -0.15) is 5.26 Å². The summed E-state index contributed by atoms with van der Waals surface area (Å²) >= 11 is 0. The van der Waals surface area contributed by atoms with E-state index in [0.717, 1.165) is 11.1 Å². The fourth-order valence-corrected chi connectivity index (χ4v) is 3.00. The van der Waals surface area contributed by atoms with E-state index in [4.69, 9.17) is 9.15 Å². The van der Waals surface area contributed by atoms with Gasteiger partial charge in [-0.15, -0.1) is 0 Å². The van der Waals surface area contributed by atoms with E-state index in [0.29, 0.717) is 28.3 Å². The number of nitriles is 1.